The highest BCUT2D eigenvalue weighted by atomic mass is 35.5. The molecule has 2 heterocycles. The second-order valence-electron chi connectivity index (χ2n) is 5.53. The molecule has 2 aromatic heterocycles. The summed E-state index contributed by atoms with van der Waals surface area (Å²) in [7, 11) is 0. The van der Waals surface area contributed by atoms with Crippen LogP contribution in [0.5, 0.6) is 0 Å². The van der Waals surface area contributed by atoms with Crippen molar-refractivity contribution in [2.75, 3.05) is 13.1 Å². The summed E-state index contributed by atoms with van der Waals surface area (Å²) in [6.45, 7) is 4.14. The molecule has 8 heteroatoms. The van der Waals surface area contributed by atoms with Gasteiger partial charge in [0.15, 0.2) is 5.96 Å². The SMILES string of the molecule is CCNC(=NCc1ccsc1)NCCc1nc(-c2cccc(Cl)c2)no1. The number of hydrogen-bond acceptors (Lipinski definition) is 5. The third-order valence-corrected chi connectivity index (χ3v) is 4.49. The molecule has 0 bridgehead atoms. The molecule has 1 aromatic carbocycles. The first-order valence-electron chi connectivity index (χ1n) is 8.36. The topological polar surface area (TPSA) is 75.3 Å². The Bertz CT molecular complexity index is 847. The predicted octanol–water partition coefficient (Wildman–Crippen LogP) is 3.75. The van der Waals surface area contributed by atoms with Crippen LogP contribution in [0.2, 0.25) is 5.02 Å². The third kappa shape index (κ3) is 5.31. The van der Waals surface area contributed by atoms with Crippen LogP contribution in [-0.2, 0) is 13.0 Å². The van der Waals surface area contributed by atoms with E-state index in [1.807, 2.05) is 31.2 Å². The van der Waals surface area contributed by atoms with Gasteiger partial charge in [-0.2, -0.15) is 16.3 Å². The van der Waals surface area contributed by atoms with E-state index in [2.05, 4.69) is 42.6 Å². The normalized spacial score (nSPS) is 11.5. The van der Waals surface area contributed by atoms with Crippen molar-refractivity contribution >= 4 is 28.9 Å². The Morgan fingerprint density at radius 1 is 1.31 bits per heavy atom. The summed E-state index contributed by atoms with van der Waals surface area (Å²) in [6, 6.07) is 9.47. The fraction of sp³-hybridized carbons (Fsp3) is 0.278. The Morgan fingerprint density at radius 2 is 2.23 bits per heavy atom. The zero-order chi connectivity index (χ0) is 18.2. The maximum atomic E-state index is 6.00. The van der Waals surface area contributed by atoms with Gasteiger partial charge in [-0.25, -0.2) is 4.99 Å². The van der Waals surface area contributed by atoms with Gasteiger partial charge in [0.25, 0.3) is 0 Å². The number of guanidine groups is 1. The van der Waals surface area contributed by atoms with Crippen molar-refractivity contribution in [3.8, 4) is 11.4 Å². The highest BCUT2D eigenvalue weighted by molar-refractivity contribution is 7.07. The molecule has 0 amide bonds. The lowest BCUT2D eigenvalue weighted by molar-refractivity contribution is 0.378. The number of nitrogens with zero attached hydrogens (tertiary/aromatic N) is 3. The first-order valence-corrected chi connectivity index (χ1v) is 9.68. The minimum Gasteiger partial charge on any atom is -0.357 e. The second kappa shape index (κ2) is 9.35. The van der Waals surface area contributed by atoms with E-state index in [1.165, 1.54) is 5.56 Å². The van der Waals surface area contributed by atoms with Crippen molar-refractivity contribution in [2.45, 2.75) is 19.9 Å². The highest BCUT2D eigenvalue weighted by Gasteiger charge is 2.09. The molecule has 6 nitrogen and oxygen atoms in total. The molecular weight excluding hydrogens is 370 g/mol. The lowest BCUT2D eigenvalue weighted by atomic mass is 10.2. The van der Waals surface area contributed by atoms with Crippen LogP contribution in [0.15, 0.2) is 50.6 Å². The summed E-state index contributed by atoms with van der Waals surface area (Å²) >= 11 is 7.68. The molecule has 0 aliphatic rings. The van der Waals surface area contributed by atoms with Crippen LogP contribution in [0.25, 0.3) is 11.4 Å². The second-order valence-corrected chi connectivity index (χ2v) is 6.74. The molecule has 3 aromatic rings. The van der Waals surface area contributed by atoms with E-state index in [-0.39, 0.29) is 0 Å². The summed E-state index contributed by atoms with van der Waals surface area (Å²) in [5.74, 6) is 1.88. The van der Waals surface area contributed by atoms with Crippen molar-refractivity contribution in [3.05, 3.63) is 57.6 Å². The van der Waals surface area contributed by atoms with Crippen LogP contribution in [0.3, 0.4) is 0 Å². The van der Waals surface area contributed by atoms with E-state index in [4.69, 9.17) is 16.1 Å². The Balaban J connectivity index is 1.54. The Labute approximate surface area is 161 Å². The molecular formula is C18H20ClN5OS. The van der Waals surface area contributed by atoms with Crippen molar-refractivity contribution < 1.29 is 4.52 Å². The molecule has 0 aliphatic heterocycles. The van der Waals surface area contributed by atoms with E-state index in [9.17, 15) is 0 Å². The van der Waals surface area contributed by atoms with Crippen molar-refractivity contribution in [1.82, 2.24) is 20.8 Å². The van der Waals surface area contributed by atoms with E-state index in [1.54, 1.807) is 11.3 Å². The molecule has 3 rings (SSSR count). The van der Waals surface area contributed by atoms with Gasteiger partial charge in [0.2, 0.25) is 11.7 Å². The van der Waals surface area contributed by atoms with Gasteiger partial charge in [-0.3, -0.25) is 0 Å². The Morgan fingerprint density at radius 3 is 3.00 bits per heavy atom. The van der Waals surface area contributed by atoms with Crippen LogP contribution in [0.4, 0.5) is 0 Å². The first-order chi connectivity index (χ1) is 12.7. The van der Waals surface area contributed by atoms with Crippen LogP contribution in [0, 0.1) is 0 Å². The Kier molecular flexibility index (Phi) is 6.62. The summed E-state index contributed by atoms with van der Waals surface area (Å²) in [6.07, 6.45) is 0.608. The van der Waals surface area contributed by atoms with Crippen LogP contribution in [-0.4, -0.2) is 29.2 Å². The number of hydrogen-bond donors (Lipinski definition) is 2. The molecule has 0 radical (unpaired) electrons. The number of benzene rings is 1. The van der Waals surface area contributed by atoms with E-state index < -0.39 is 0 Å². The highest BCUT2D eigenvalue weighted by Crippen LogP contribution is 2.19. The van der Waals surface area contributed by atoms with Gasteiger partial charge in [-0.15, -0.1) is 0 Å². The summed E-state index contributed by atoms with van der Waals surface area (Å²) in [4.78, 5) is 8.99. The van der Waals surface area contributed by atoms with E-state index in [0.717, 1.165) is 18.1 Å². The zero-order valence-corrected chi connectivity index (χ0v) is 16.0. The minimum atomic E-state index is 0.542. The van der Waals surface area contributed by atoms with Gasteiger partial charge in [-0.1, -0.05) is 28.9 Å². The third-order valence-electron chi connectivity index (χ3n) is 3.53. The fourth-order valence-electron chi connectivity index (χ4n) is 2.28. The smallest absolute Gasteiger partial charge is 0.228 e. The van der Waals surface area contributed by atoms with Crippen LogP contribution in [0.1, 0.15) is 18.4 Å². The molecule has 26 heavy (non-hydrogen) atoms. The summed E-state index contributed by atoms with van der Waals surface area (Å²) in [5.41, 5.74) is 2.04. The van der Waals surface area contributed by atoms with Gasteiger partial charge in [-0.05, 0) is 41.4 Å². The number of aliphatic imine (C=N–C) groups is 1. The Hall–Kier alpha value is -2.38. The average molecular weight is 390 g/mol. The van der Waals surface area contributed by atoms with Crippen molar-refractivity contribution in [1.29, 1.82) is 0 Å². The number of nitrogens with one attached hydrogen (secondary N) is 2. The number of rotatable bonds is 7. The molecule has 0 saturated heterocycles. The van der Waals surface area contributed by atoms with Crippen molar-refractivity contribution in [2.24, 2.45) is 4.99 Å². The lowest BCUT2D eigenvalue weighted by Crippen LogP contribution is -2.38. The molecule has 0 saturated carbocycles. The van der Waals surface area contributed by atoms with E-state index >= 15 is 0 Å². The molecule has 0 unspecified atom stereocenters. The average Bonchev–Trinajstić information content (AvgIpc) is 3.32. The van der Waals surface area contributed by atoms with Gasteiger partial charge >= 0.3 is 0 Å². The first kappa shape index (κ1) is 18.4. The zero-order valence-electron chi connectivity index (χ0n) is 14.4. The largest absolute Gasteiger partial charge is 0.357 e. The molecule has 0 fully saturated rings. The molecule has 2 N–H and O–H groups in total. The maximum Gasteiger partial charge on any atom is 0.228 e. The van der Waals surface area contributed by atoms with Gasteiger partial charge in [0.1, 0.15) is 0 Å². The monoisotopic (exact) mass is 389 g/mol. The van der Waals surface area contributed by atoms with Gasteiger partial charge in [0.05, 0.1) is 6.54 Å². The fourth-order valence-corrected chi connectivity index (χ4v) is 3.13. The van der Waals surface area contributed by atoms with Crippen LogP contribution >= 0.6 is 22.9 Å². The van der Waals surface area contributed by atoms with Gasteiger partial charge < -0.3 is 15.2 Å². The van der Waals surface area contributed by atoms with Crippen molar-refractivity contribution in [3.63, 3.8) is 0 Å². The lowest BCUT2D eigenvalue weighted by Gasteiger charge is -2.09. The van der Waals surface area contributed by atoms with Crippen LogP contribution < -0.4 is 10.6 Å². The molecule has 0 atom stereocenters. The number of aromatic nitrogens is 2. The standard InChI is InChI=1S/C18H20ClN5OS/c1-2-20-18(22-11-13-7-9-26-12-13)21-8-6-16-23-17(24-25-16)14-4-3-5-15(19)10-14/h3-5,7,9-10,12H,2,6,8,11H2,1H3,(H2,20,21,22). The minimum absolute atomic E-state index is 0.542. The summed E-state index contributed by atoms with van der Waals surface area (Å²) < 4.78 is 5.32. The van der Waals surface area contributed by atoms with E-state index in [0.29, 0.717) is 36.2 Å². The predicted molar refractivity (Wildman–Crippen MR) is 106 cm³/mol. The molecule has 0 aliphatic carbocycles. The number of thiophene rings is 1. The molecule has 0 spiro atoms. The maximum absolute atomic E-state index is 6.00. The summed E-state index contributed by atoms with van der Waals surface area (Å²) in [5, 5.41) is 15.3. The molecule has 136 valence electrons. The quantitative estimate of drug-likeness (QED) is 0.475. The van der Waals surface area contributed by atoms with Gasteiger partial charge in [0, 0.05) is 30.1 Å². The number of halogens is 1.